The standard InChI is InChI=1S/C24H27N3O3/c1-17-12-23(28)30-22-13-20(9-10-21(17)22)26-24(29)25-14-19-8-5-11-27(16-19)15-18-6-3-2-4-7-18/h2-4,6-7,9-10,12-13,19H,5,8,11,14-16H2,1H3,(H2,25,26,29)/t19-/m0/s1. The molecule has 1 aliphatic heterocycles. The molecule has 4 rings (SSSR count). The van der Waals surface area contributed by atoms with Crippen molar-refractivity contribution in [2.45, 2.75) is 26.3 Å². The second-order valence-electron chi connectivity index (χ2n) is 8.02. The predicted octanol–water partition coefficient (Wildman–Crippen LogP) is 4.14. The van der Waals surface area contributed by atoms with E-state index in [0.29, 0.717) is 23.7 Å². The van der Waals surface area contributed by atoms with Crippen molar-refractivity contribution in [3.63, 3.8) is 0 Å². The molecule has 6 heteroatoms. The molecule has 2 amide bonds. The minimum atomic E-state index is -0.390. The molecule has 0 aliphatic carbocycles. The Morgan fingerprint density at radius 1 is 1.17 bits per heavy atom. The molecule has 1 aliphatic rings. The number of nitrogens with one attached hydrogen (secondary N) is 2. The topological polar surface area (TPSA) is 74.6 Å². The summed E-state index contributed by atoms with van der Waals surface area (Å²) in [4.78, 5) is 26.4. The summed E-state index contributed by atoms with van der Waals surface area (Å²) in [5.41, 5.74) is 2.86. The average Bonchev–Trinajstić information content (AvgIpc) is 2.73. The Labute approximate surface area is 175 Å². The third-order valence-corrected chi connectivity index (χ3v) is 5.61. The number of likely N-dealkylation sites (tertiary alicyclic amines) is 1. The molecule has 3 aromatic rings. The monoisotopic (exact) mass is 405 g/mol. The van der Waals surface area contributed by atoms with Crippen molar-refractivity contribution in [3.05, 3.63) is 76.1 Å². The van der Waals surface area contributed by atoms with Gasteiger partial charge in [0.15, 0.2) is 0 Å². The maximum atomic E-state index is 12.4. The quantitative estimate of drug-likeness (QED) is 0.626. The molecule has 1 aromatic heterocycles. The first-order chi connectivity index (χ1) is 14.6. The number of nitrogens with zero attached hydrogens (tertiary/aromatic N) is 1. The third-order valence-electron chi connectivity index (χ3n) is 5.61. The van der Waals surface area contributed by atoms with Gasteiger partial charge in [-0.3, -0.25) is 4.90 Å². The molecular formula is C24H27N3O3. The first kappa shape index (κ1) is 20.2. The Balaban J connectivity index is 1.30. The van der Waals surface area contributed by atoms with E-state index in [4.69, 9.17) is 4.42 Å². The SMILES string of the molecule is Cc1cc(=O)oc2cc(NC(=O)NC[C@@H]3CCCN(Cc4ccccc4)C3)ccc12. The zero-order chi connectivity index (χ0) is 20.9. The van der Waals surface area contributed by atoms with Gasteiger partial charge in [-0.2, -0.15) is 0 Å². The van der Waals surface area contributed by atoms with Gasteiger partial charge in [0, 0.05) is 42.8 Å². The van der Waals surface area contributed by atoms with Crippen molar-refractivity contribution in [3.8, 4) is 0 Å². The van der Waals surface area contributed by atoms with Crippen LogP contribution in [0.2, 0.25) is 0 Å². The van der Waals surface area contributed by atoms with Crippen LogP contribution in [0.25, 0.3) is 11.0 Å². The van der Waals surface area contributed by atoms with E-state index in [-0.39, 0.29) is 11.7 Å². The van der Waals surface area contributed by atoms with Gasteiger partial charge in [0.2, 0.25) is 0 Å². The largest absolute Gasteiger partial charge is 0.423 e. The van der Waals surface area contributed by atoms with Gasteiger partial charge in [0.1, 0.15) is 5.58 Å². The zero-order valence-electron chi connectivity index (χ0n) is 17.2. The lowest BCUT2D eigenvalue weighted by molar-refractivity contribution is 0.166. The number of fused-ring (bicyclic) bond motifs is 1. The second-order valence-corrected chi connectivity index (χ2v) is 8.02. The minimum absolute atomic E-state index is 0.246. The van der Waals surface area contributed by atoms with E-state index < -0.39 is 0 Å². The molecule has 0 unspecified atom stereocenters. The Hall–Kier alpha value is -3.12. The van der Waals surface area contributed by atoms with Gasteiger partial charge in [-0.1, -0.05) is 30.3 Å². The highest BCUT2D eigenvalue weighted by atomic mass is 16.4. The van der Waals surface area contributed by atoms with Crippen molar-refractivity contribution >= 4 is 22.7 Å². The summed E-state index contributed by atoms with van der Waals surface area (Å²) in [6.07, 6.45) is 2.26. The van der Waals surface area contributed by atoms with E-state index in [1.54, 1.807) is 6.07 Å². The van der Waals surface area contributed by atoms with E-state index >= 15 is 0 Å². The predicted molar refractivity (Wildman–Crippen MR) is 119 cm³/mol. The summed E-state index contributed by atoms with van der Waals surface area (Å²) >= 11 is 0. The van der Waals surface area contributed by atoms with Crippen molar-refractivity contribution in [2.75, 3.05) is 25.0 Å². The summed E-state index contributed by atoms with van der Waals surface area (Å²) in [7, 11) is 0. The van der Waals surface area contributed by atoms with Crippen LogP contribution in [-0.4, -0.2) is 30.6 Å². The maximum absolute atomic E-state index is 12.4. The van der Waals surface area contributed by atoms with Crippen LogP contribution in [0.3, 0.4) is 0 Å². The Bertz CT molecular complexity index is 1080. The average molecular weight is 405 g/mol. The first-order valence-electron chi connectivity index (χ1n) is 10.4. The molecule has 2 heterocycles. The summed E-state index contributed by atoms with van der Waals surface area (Å²) in [6.45, 7) is 5.53. The van der Waals surface area contributed by atoms with Gasteiger partial charge in [-0.05, 0) is 55.5 Å². The Morgan fingerprint density at radius 3 is 2.83 bits per heavy atom. The van der Waals surface area contributed by atoms with E-state index in [2.05, 4.69) is 39.8 Å². The summed E-state index contributed by atoms with van der Waals surface area (Å²) in [5.74, 6) is 0.436. The summed E-state index contributed by atoms with van der Waals surface area (Å²) in [5, 5.41) is 6.69. The molecule has 1 saturated heterocycles. The van der Waals surface area contributed by atoms with Gasteiger partial charge in [-0.15, -0.1) is 0 Å². The van der Waals surface area contributed by atoms with Gasteiger partial charge in [0.05, 0.1) is 0 Å². The molecule has 0 radical (unpaired) electrons. The number of benzene rings is 2. The number of amides is 2. The van der Waals surface area contributed by atoms with Crippen molar-refractivity contribution in [2.24, 2.45) is 5.92 Å². The highest BCUT2D eigenvalue weighted by Crippen LogP contribution is 2.21. The number of carbonyl (C=O) groups is 1. The minimum Gasteiger partial charge on any atom is -0.423 e. The van der Waals surface area contributed by atoms with Gasteiger partial charge < -0.3 is 15.1 Å². The fourth-order valence-corrected chi connectivity index (χ4v) is 4.12. The summed E-state index contributed by atoms with van der Waals surface area (Å²) < 4.78 is 5.25. The van der Waals surface area contributed by atoms with Gasteiger partial charge >= 0.3 is 11.7 Å². The van der Waals surface area contributed by atoms with Gasteiger partial charge in [0.25, 0.3) is 0 Å². The normalized spacial score (nSPS) is 17.0. The summed E-state index contributed by atoms with van der Waals surface area (Å²) in [6, 6.07) is 17.1. The number of hydrogen-bond acceptors (Lipinski definition) is 4. The second kappa shape index (κ2) is 9.13. The molecule has 0 spiro atoms. The van der Waals surface area contributed by atoms with Crippen molar-refractivity contribution in [1.29, 1.82) is 0 Å². The molecule has 6 nitrogen and oxygen atoms in total. The molecule has 1 atom stereocenters. The number of carbonyl (C=O) groups excluding carboxylic acids is 1. The lowest BCUT2D eigenvalue weighted by Crippen LogP contribution is -2.41. The molecule has 1 fully saturated rings. The number of aryl methyl sites for hydroxylation is 1. The molecule has 0 bridgehead atoms. The Kier molecular flexibility index (Phi) is 6.14. The molecule has 2 N–H and O–H groups in total. The molecule has 30 heavy (non-hydrogen) atoms. The number of rotatable bonds is 5. The number of anilines is 1. The lowest BCUT2D eigenvalue weighted by atomic mass is 9.97. The van der Waals surface area contributed by atoms with Crippen LogP contribution in [0.4, 0.5) is 10.5 Å². The number of urea groups is 1. The van der Waals surface area contributed by atoms with Gasteiger partial charge in [-0.25, -0.2) is 9.59 Å². The fraction of sp³-hybridized carbons (Fsp3) is 0.333. The smallest absolute Gasteiger partial charge is 0.336 e. The molecule has 156 valence electrons. The van der Waals surface area contributed by atoms with Crippen molar-refractivity contribution < 1.29 is 9.21 Å². The highest BCUT2D eigenvalue weighted by molar-refractivity contribution is 5.92. The van der Waals surface area contributed by atoms with E-state index in [9.17, 15) is 9.59 Å². The molecule has 2 aromatic carbocycles. The first-order valence-corrected chi connectivity index (χ1v) is 10.4. The van der Waals surface area contributed by atoms with Crippen LogP contribution in [0.15, 0.2) is 63.8 Å². The van der Waals surface area contributed by atoms with Crippen LogP contribution < -0.4 is 16.3 Å². The third kappa shape index (κ3) is 5.07. The Morgan fingerprint density at radius 2 is 2.00 bits per heavy atom. The van der Waals surface area contributed by atoms with Crippen LogP contribution in [0.1, 0.15) is 24.0 Å². The van der Waals surface area contributed by atoms with E-state index in [1.165, 1.54) is 11.6 Å². The fourth-order valence-electron chi connectivity index (χ4n) is 4.12. The zero-order valence-corrected chi connectivity index (χ0v) is 17.2. The van der Waals surface area contributed by atoms with Crippen LogP contribution >= 0.6 is 0 Å². The molecule has 0 saturated carbocycles. The van der Waals surface area contributed by atoms with Crippen molar-refractivity contribution in [1.82, 2.24) is 10.2 Å². The van der Waals surface area contributed by atoms with E-state index in [0.717, 1.165) is 43.4 Å². The van der Waals surface area contributed by atoms with Crippen LogP contribution in [0.5, 0.6) is 0 Å². The van der Waals surface area contributed by atoms with Crippen LogP contribution in [-0.2, 0) is 6.54 Å². The van der Waals surface area contributed by atoms with Crippen LogP contribution in [0, 0.1) is 12.8 Å². The number of piperidine rings is 1. The molecular weight excluding hydrogens is 378 g/mol. The lowest BCUT2D eigenvalue weighted by Gasteiger charge is -2.32. The van der Waals surface area contributed by atoms with E-state index in [1.807, 2.05) is 25.1 Å². The maximum Gasteiger partial charge on any atom is 0.336 e. The highest BCUT2D eigenvalue weighted by Gasteiger charge is 2.20. The number of hydrogen-bond donors (Lipinski definition) is 2.